The van der Waals surface area contributed by atoms with Gasteiger partial charge in [0.15, 0.2) is 0 Å². The van der Waals surface area contributed by atoms with E-state index in [9.17, 15) is 28.4 Å². The van der Waals surface area contributed by atoms with Gasteiger partial charge >= 0.3 is 6.18 Å². The lowest BCUT2D eigenvalue weighted by Gasteiger charge is -2.39. The van der Waals surface area contributed by atoms with Crippen LogP contribution in [0.5, 0.6) is 0 Å². The van der Waals surface area contributed by atoms with Gasteiger partial charge in [-0.05, 0) is 69.0 Å². The number of nitro benzene ring substituents is 1. The first kappa shape index (κ1) is 29.5. The first-order valence-electron chi connectivity index (χ1n) is 13.9. The van der Waals surface area contributed by atoms with E-state index in [2.05, 4.69) is 0 Å². The summed E-state index contributed by atoms with van der Waals surface area (Å²) in [6, 6.07) is 20.7. The monoisotopic (exact) mass is 578 g/mol. The lowest BCUT2D eigenvalue weighted by atomic mass is 9.88. The summed E-state index contributed by atoms with van der Waals surface area (Å²) in [6.45, 7) is 4.24. The fourth-order valence-corrected chi connectivity index (χ4v) is 5.76. The second kappa shape index (κ2) is 11.7. The average molecular weight is 579 g/mol. The fourth-order valence-electron chi connectivity index (χ4n) is 5.76. The number of aliphatic imine (C=N–C) groups is 1. The summed E-state index contributed by atoms with van der Waals surface area (Å²) in [5.74, 6) is 0.133. The normalized spacial score (nSPS) is 17.0. The van der Waals surface area contributed by atoms with Gasteiger partial charge in [0.25, 0.3) is 5.69 Å². The Morgan fingerprint density at radius 2 is 1.71 bits per heavy atom. The third-order valence-corrected chi connectivity index (χ3v) is 8.23. The summed E-state index contributed by atoms with van der Waals surface area (Å²) in [4.78, 5) is 17.3. The summed E-state index contributed by atoms with van der Waals surface area (Å²) in [7, 11) is 0. The number of β-amino-alcohol motifs (C(OH)–C–C–N with tert-alkyl or cyclic N) is 1. The Hall–Kier alpha value is -4.02. The number of fused-ring (bicyclic) bond motifs is 1. The molecule has 0 spiro atoms. The first-order chi connectivity index (χ1) is 20.0. The number of aryl methyl sites for hydroxylation is 1. The van der Waals surface area contributed by atoms with E-state index in [4.69, 9.17) is 4.99 Å². The number of halogens is 3. The third-order valence-electron chi connectivity index (χ3n) is 8.23. The summed E-state index contributed by atoms with van der Waals surface area (Å²) < 4.78 is 45.9. The number of piperidine rings is 1. The SMILES string of the molecule is CC(=Nc1ccccc1C)C1CCN(CC(O)(c2cn(Cc3ccccc3)c3cc([N+](=O)[O-])ccc23)C(F)(F)F)CC1. The van der Waals surface area contributed by atoms with Crippen molar-refractivity contribution in [3.63, 3.8) is 0 Å². The van der Waals surface area contributed by atoms with Crippen molar-refractivity contribution in [3.8, 4) is 0 Å². The van der Waals surface area contributed by atoms with E-state index in [-0.39, 0.29) is 34.6 Å². The van der Waals surface area contributed by atoms with Gasteiger partial charge in [0, 0.05) is 48.1 Å². The summed E-state index contributed by atoms with van der Waals surface area (Å²) in [6.07, 6.45) is -2.45. The van der Waals surface area contributed by atoms with Crippen molar-refractivity contribution in [1.29, 1.82) is 0 Å². The first-order valence-corrected chi connectivity index (χ1v) is 13.9. The second-order valence-corrected chi connectivity index (χ2v) is 11.1. The number of nitro groups is 1. The number of hydrogen-bond acceptors (Lipinski definition) is 5. The van der Waals surface area contributed by atoms with Gasteiger partial charge < -0.3 is 9.67 Å². The minimum absolute atomic E-state index is 0.132. The Kier molecular flexibility index (Phi) is 8.21. The van der Waals surface area contributed by atoms with E-state index < -0.39 is 23.2 Å². The molecule has 1 atom stereocenters. The minimum atomic E-state index is -4.99. The number of non-ortho nitro benzene ring substituents is 1. The standard InChI is InChI=1S/C32H33F3N4O3/c1-22-8-6-7-11-29(22)36-23(2)25-14-16-37(17-15-25)21-31(40,32(33,34)35)28-20-38(19-24-9-4-3-5-10-24)30-18-26(39(41)42)12-13-27(28)30/h3-13,18,20,25,40H,14-17,19,21H2,1-2H3. The molecule has 1 N–H and O–H groups in total. The number of nitrogens with zero attached hydrogens (tertiary/aromatic N) is 4. The van der Waals surface area contributed by atoms with Crippen molar-refractivity contribution in [2.45, 2.75) is 45.0 Å². The molecule has 1 aliphatic heterocycles. The van der Waals surface area contributed by atoms with E-state index in [1.54, 1.807) is 9.47 Å². The van der Waals surface area contributed by atoms with Gasteiger partial charge in [-0.3, -0.25) is 20.0 Å². The maximum Gasteiger partial charge on any atom is 0.422 e. The highest BCUT2D eigenvalue weighted by Gasteiger charge is 2.57. The maximum atomic E-state index is 14.8. The molecule has 0 bridgehead atoms. The van der Waals surface area contributed by atoms with Crippen LogP contribution in [0.2, 0.25) is 0 Å². The predicted octanol–water partition coefficient (Wildman–Crippen LogP) is 7.16. The van der Waals surface area contributed by atoms with Crippen LogP contribution >= 0.6 is 0 Å². The molecular formula is C32H33F3N4O3. The van der Waals surface area contributed by atoms with Crippen LogP contribution in [0.1, 0.15) is 36.5 Å². The molecule has 1 aromatic heterocycles. The van der Waals surface area contributed by atoms with Crippen molar-refractivity contribution in [2.75, 3.05) is 19.6 Å². The van der Waals surface area contributed by atoms with Crippen molar-refractivity contribution in [3.05, 3.63) is 106 Å². The molecular weight excluding hydrogens is 545 g/mol. The van der Waals surface area contributed by atoms with E-state index in [0.717, 1.165) is 22.5 Å². The molecule has 7 nitrogen and oxygen atoms in total. The molecule has 0 saturated carbocycles. The highest BCUT2D eigenvalue weighted by molar-refractivity contribution is 5.88. The van der Waals surface area contributed by atoms with Crippen LogP contribution in [0.3, 0.4) is 0 Å². The summed E-state index contributed by atoms with van der Waals surface area (Å²) in [5, 5.41) is 23.1. The molecule has 4 aromatic rings. The molecule has 1 aliphatic rings. The van der Waals surface area contributed by atoms with Crippen LogP contribution in [0.15, 0.2) is 84.0 Å². The number of benzene rings is 3. The van der Waals surface area contributed by atoms with Gasteiger partial charge in [-0.15, -0.1) is 0 Å². The largest absolute Gasteiger partial charge is 0.422 e. The van der Waals surface area contributed by atoms with Crippen molar-refractivity contribution < 1.29 is 23.2 Å². The van der Waals surface area contributed by atoms with Gasteiger partial charge in [-0.1, -0.05) is 48.5 Å². The molecule has 5 rings (SSSR count). The molecule has 0 aliphatic carbocycles. The zero-order chi connectivity index (χ0) is 30.1. The predicted molar refractivity (Wildman–Crippen MR) is 157 cm³/mol. The third kappa shape index (κ3) is 5.96. The number of rotatable bonds is 8. The fraction of sp³-hybridized carbons (Fsp3) is 0.344. The number of aliphatic hydroxyl groups is 1. The van der Waals surface area contributed by atoms with Crippen LogP contribution < -0.4 is 0 Å². The van der Waals surface area contributed by atoms with Gasteiger partial charge in [0.2, 0.25) is 5.60 Å². The Morgan fingerprint density at radius 1 is 1.05 bits per heavy atom. The van der Waals surface area contributed by atoms with Crippen LogP contribution in [0.25, 0.3) is 10.9 Å². The minimum Gasteiger partial charge on any atom is -0.375 e. The smallest absolute Gasteiger partial charge is 0.375 e. The quantitative estimate of drug-likeness (QED) is 0.137. The van der Waals surface area contributed by atoms with Crippen LogP contribution in [0.4, 0.5) is 24.5 Å². The zero-order valence-electron chi connectivity index (χ0n) is 23.5. The van der Waals surface area contributed by atoms with Crippen LogP contribution in [0, 0.1) is 23.0 Å². The summed E-state index contributed by atoms with van der Waals surface area (Å²) >= 11 is 0. The molecule has 0 radical (unpaired) electrons. The number of alkyl halides is 3. The van der Waals surface area contributed by atoms with Crippen molar-refractivity contribution in [1.82, 2.24) is 9.47 Å². The van der Waals surface area contributed by atoms with Gasteiger partial charge in [0.1, 0.15) is 0 Å². The maximum absolute atomic E-state index is 14.8. The van der Waals surface area contributed by atoms with Crippen molar-refractivity contribution in [2.24, 2.45) is 10.9 Å². The van der Waals surface area contributed by atoms with Crippen molar-refractivity contribution >= 4 is 28.0 Å². The molecule has 1 unspecified atom stereocenters. The van der Waals surface area contributed by atoms with Gasteiger partial charge in [-0.25, -0.2) is 0 Å². The Bertz CT molecular complexity index is 1610. The number of para-hydroxylation sites is 1. The highest BCUT2D eigenvalue weighted by atomic mass is 19.4. The van der Waals surface area contributed by atoms with E-state index in [1.807, 2.05) is 68.4 Å². The van der Waals surface area contributed by atoms with Crippen LogP contribution in [-0.4, -0.2) is 51.0 Å². The van der Waals surface area contributed by atoms with E-state index in [1.165, 1.54) is 24.4 Å². The molecule has 220 valence electrons. The van der Waals surface area contributed by atoms with Crippen LogP contribution in [-0.2, 0) is 12.1 Å². The van der Waals surface area contributed by atoms with E-state index >= 15 is 0 Å². The topological polar surface area (TPSA) is 83.9 Å². The molecule has 42 heavy (non-hydrogen) atoms. The Morgan fingerprint density at radius 3 is 2.36 bits per heavy atom. The van der Waals surface area contributed by atoms with Gasteiger partial charge in [-0.2, -0.15) is 13.2 Å². The Balaban J connectivity index is 1.44. The molecule has 3 aromatic carbocycles. The lowest BCUT2D eigenvalue weighted by Crippen LogP contribution is -2.52. The number of hydrogen-bond donors (Lipinski definition) is 1. The van der Waals surface area contributed by atoms with E-state index in [0.29, 0.717) is 25.9 Å². The highest BCUT2D eigenvalue weighted by Crippen LogP contribution is 2.44. The molecule has 10 heteroatoms. The number of likely N-dealkylation sites (tertiary alicyclic amines) is 1. The second-order valence-electron chi connectivity index (χ2n) is 11.1. The summed E-state index contributed by atoms with van der Waals surface area (Å²) in [5.41, 5.74) is 0.232. The number of aromatic nitrogens is 1. The average Bonchev–Trinajstić information content (AvgIpc) is 3.32. The molecule has 0 amide bonds. The molecule has 2 heterocycles. The Labute approximate surface area is 242 Å². The van der Waals surface area contributed by atoms with Gasteiger partial charge in [0.05, 0.1) is 16.1 Å². The lowest BCUT2D eigenvalue weighted by molar-refractivity contribution is -0.384. The zero-order valence-corrected chi connectivity index (χ0v) is 23.5. The molecule has 1 fully saturated rings. The molecule has 1 saturated heterocycles.